The highest BCUT2D eigenvalue weighted by Gasteiger charge is 2.44. The number of nitrogens with one attached hydrogen (secondary N) is 1. The van der Waals surface area contributed by atoms with Crippen LogP contribution in [0.2, 0.25) is 0 Å². The number of piperazine rings is 1. The van der Waals surface area contributed by atoms with E-state index in [2.05, 4.69) is 16.0 Å². The Labute approximate surface area is 179 Å². The summed E-state index contributed by atoms with van der Waals surface area (Å²) < 4.78 is 0. The maximum Gasteiger partial charge on any atom is 0.259 e. The monoisotopic (exact) mass is 425 g/mol. The topological polar surface area (TPSA) is 93.1 Å². The summed E-state index contributed by atoms with van der Waals surface area (Å²) in [4.78, 5) is 39.7. The van der Waals surface area contributed by atoms with Crippen molar-refractivity contribution in [1.82, 2.24) is 19.8 Å². The predicted octanol–water partition coefficient (Wildman–Crippen LogP) is 2.59. The molecule has 0 aromatic carbocycles. The summed E-state index contributed by atoms with van der Waals surface area (Å²) in [5, 5.41) is 10.4. The smallest absolute Gasteiger partial charge is 0.259 e. The van der Waals surface area contributed by atoms with E-state index in [1.54, 1.807) is 11.3 Å². The van der Waals surface area contributed by atoms with Gasteiger partial charge in [-0.25, -0.2) is 4.98 Å². The number of carbonyl (C=O) groups excluding carboxylic acids is 1. The Balaban J connectivity index is 1.27. The molecule has 7 nitrogen and oxygen atoms in total. The average molecular weight is 426 g/mol. The maximum absolute atomic E-state index is 12.9. The highest BCUT2D eigenvalue weighted by molar-refractivity contribution is 7.18. The van der Waals surface area contributed by atoms with Gasteiger partial charge in [0.15, 0.2) is 0 Å². The molecule has 1 saturated carbocycles. The lowest BCUT2D eigenvalue weighted by molar-refractivity contribution is -0.140. The van der Waals surface area contributed by atoms with Crippen LogP contribution in [0.25, 0.3) is 10.2 Å². The molecule has 0 radical (unpaired) electrons. The predicted molar refractivity (Wildman–Crippen MR) is 115 cm³/mol. The number of H-pyrrole nitrogens is 1. The Morgan fingerprint density at radius 2 is 1.87 bits per heavy atom. The lowest BCUT2D eigenvalue weighted by atomic mass is 9.86. The first-order valence-electron chi connectivity index (χ1n) is 11.1. The highest BCUT2D eigenvalue weighted by atomic mass is 32.1. The van der Waals surface area contributed by atoms with Crippen molar-refractivity contribution in [2.75, 3.05) is 26.2 Å². The van der Waals surface area contributed by atoms with Crippen LogP contribution < -0.4 is 5.56 Å². The number of nitrogens with zero attached hydrogens (tertiary/aromatic N) is 4. The van der Waals surface area contributed by atoms with Crippen molar-refractivity contribution >= 4 is 27.5 Å². The Bertz CT molecular complexity index is 1070. The molecule has 5 rings (SSSR count). The van der Waals surface area contributed by atoms with E-state index in [0.717, 1.165) is 55.4 Å². The number of nitriles is 1. The second-order valence-corrected chi connectivity index (χ2v) is 9.96. The molecule has 2 aromatic heterocycles. The summed E-state index contributed by atoms with van der Waals surface area (Å²) in [7, 11) is 0. The van der Waals surface area contributed by atoms with Gasteiger partial charge in [-0.2, -0.15) is 5.26 Å². The first-order chi connectivity index (χ1) is 14.6. The molecule has 3 heterocycles. The van der Waals surface area contributed by atoms with Gasteiger partial charge < -0.3 is 9.88 Å². The second kappa shape index (κ2) is 7.78. The standard InChI is InChI=1S/C22H27N5O2S/c23-14-22(7-3-4-8-22)21(29)27-11-9-26(10-12-27)13-17-24-19(28)18-15-5-1-2-6-16(15)30-20(18)25-17/h1-13H2,(H,24,25,28). The van der Waals surface area contributed by atoms with Crippen molar-refractivity contribution in [1.29, 1.82) is 5.26 Å². The molecule has 0 bridgehead atoms. The Morgan fingerprint density at radius 3 is 2.60 bits per heavy atom. The molecule has 1 N–H and O–H groups in total. The lowest BCUT2D eigenvalue weighted by Gasteiger charge is -2.37. The van der Waals surface area contributed by atoms with E-state index in [-0.39, 0.29) is 11.5 Å². The molecule has 0 atom stereocenters. The van der Waals surface area contributed by atoms with Crippen LogP contribution in [0.15, 0.2) is 4.79 Å². The van der Waals surface area contributed by atoms with Gasteiger partial charge in [-0.05, 0) is 44.1 Å². The minimum Gasteiger partial charge on any atom is -0.339 e. The van der Waals surface area contributed by atoms with Gasteiger partial charge in [0.2, 0.25) is 5.91 Å². The van der Waals surface area contributed by atoms with Crippen molar-refractivity contribution in [3.8, 4) is 6.07 Å². The van der Waals surface area contributed by atoms with E-state index in [0.29, 0.717) is 38.3 Å². The Hall–Kier alpha value is -2.24. The van der Waals surface area contributed by atoms with E-state index in [9.17, 15) is 14.9 Å². The molecular formula is C22H27N5O2S. The van der Waals surface area contributed by atoms with Crippen LogP contribution in [-0.2, 0) is 24.2 Å². The molecule has 1 aliphatic heterocycles. The van der Waals surface area contributed by atoms with Crippen LogP contribution in [-0.4, -0.2) is 51.9 Å². The number of carbonyl (C=O) groups is 1. The minimum atomic E-state index is -0.793. The minimum absolute atomic E-state index is 0.0132. The fourth-order valence-corrected chi connectivity index (χ4v) is 6.54. The van der Waals surface area contributed by atoms with E-state index >= 15 is 0 Å². The fourth-order valence-electron chi connectivity index (χ4n) is 5.26. The average Bonchev–Trinajstić information content (AvgIpc) is 3.39. The fraction of sp³-hybridized carbons (Fsp3) is 0.636. The van der Waals surface area contributed by atoms with E-state index in [1.165, 1.54) is 16.9 Å². The van der Waals surface area contributed by atoms with Crippen molar-refractivity contribution in [3.63, 3.8) is 0 Å². The first-order valence-corrected chi connectivity index (χ1v) is 11.9. The summed E-state index contributed by atoms with van der Waals surface area (Å²) in [6.45, 7) is 3.30. The maximum atomic E-state index is 12.9. The van der Waals surface area contributed by atoms with Crippen LogP contribution in [0.1, 0.15) is 54.8 Å². The van der Waals surface area contributed by atoms with E-state index < -0.39 is 5.41 Å². The van der Waals surface area contributed by atoms with Gasteiger partial charge in [0, 0.05) is 31.1 Å². The van der Waals surface area contributed by atoms with Crippen molar-refractivity contribution in [2.45, 2.75) is 57.9 Å². The third-order valence-corrected chi connectivity index (χ3v) is 8.17. The Kier molecular flexibility index (Phi) is 5.11. The second-order valence-electron chi connectivity index (χ2n) is 8.87. The quantitative estimate of drug-likeness (QED) is 0.816. The largest absolute Gasteiger partial charge is 0.339 e. The zero-order valence-corrected chi connectivity index (χ0v) is 18.0. The molecule has 0 unspecified atom stereocenters. The third kappa shape index (κ3) is 3.34. The van der Waals surface area contributed by atoms with Crippen LogP contribution in [0.3, 0.4) is 0 Å². The number of aromatic nitrogens is 2. The number of amides is 1. The number of rotatable bonds is 3. The molecule has 3 aliphatic rings. The number of fused-ring (bicyclic) bond motifs is 3. The van der Waals surface area contributed by atoms with Crippen molar-refractivity contribution in [2.24, 2.45) is 5.41 Å². The van der Waals surface area contributed by atoms with Gasteiger partial charge >= 0.3 is 0 Å². The van der Waals surface area contributed by atoms with Crippen LogP contribution in [0.5, 0.6) is 0 Å². The summed E-state index contributed by atoms with van der Waals surface area (Å²) in [5.41, 5.74) is 0.408. The van der Waals surface area contributed by atoms with Gasteiger partial charge in [0.25, 0.3) is 5.56 Å². The number of aromatic amines is 1. The van der Waals surface area contributed by atoms with Crippen molar-refractivity contribution < 1.29 is 4.79 Å². The van der Waals surface area contributed by atoms with Crippen LogP contribution in [0.4, 0.5) is 0 Å². The summed E-state index contributed by atoms with van der Waals surface area (Å²) in [5.74, 6) is 0.717. The molecule has 2 aromatic rings. The number of thiophene rings is 1. The summed E-state index contributed by atoms with van der Waals surface area (Å²) in [6.07, 6.45) is 7.71. The molecule has 30 heavy (non-hydrogen) atoms. The van der Waals surface area contributed by atoms with Crippen LogP contribution in [0, 0.1) is 16.7 Å². The lowest BCUT2D eigenvalue weighted by Crippen LogP contribution is -2.52. The SMILES string of the molecule is N#CC1(C(=O)N2CCN(Cc3nc4sc5c(c4c(=O)[nH]3)CCCC5)CC2)CCCC1. The molecular weight excluding hydrogens is 398 g/mol. The summed E-state index contributed by atoms with van der Waals surface area (Å²) in [6, 6.07) is 2.32. The number of hydrogen-bond acceptors (Lipinski definition) is 6. The molecule has 2 aliphatic carbocycles. The summed E-state index contributed by atoms with van der Waals surface area (Å²) >= 11 is 1.68. The van der Waals surface area contributed by atoms with E-state index in [4.69, 9.17) is 4.98 Å². The molecule has 1 saturated heterocycles. The van der Waals surface area contributed by atoms with Gasteiger partial charge in [0.05, 0.1) is 18.0 Å². The third-order valence-electron chi connectivity index (χ3n) is 6.99. The molecule has 1 amide bonds. The molecule has 8 heteroatoms. The molecule has 2 fully saturated rings. The number of hydrogen-bond donors (Lipinski definition) is 1. The first kappa shape index (κ1) is 19.7. The van der Waals surface area contributed by atoms with Gasteiger partial charge in [-0.15, -0.1) is 11.3 Å². The van der Waals surface area contributed by atoms with Gasteiger partial charge in [-0.1, -0.05) is 12.8 Å². The highest BCUT2D eigenvalue weighted by Crippen LogP contribution is 2.39. The van der Waals surface area contributed by atoms with Crippen molar-refractivity contribution in [3.05, 3.63) is 26.6 Å². The molecule has 0 spiro atoms. The van der Waals surface area contributed by atoms with Gasteiger partial charge in [0.1, 0.15) is 16.1 Å². The van der Waals surface area contributed by atoms with Crippen LogP contribution >= 0.6 is 11.3 Å². The Morgan fingerprint density at radius 1 is 1.13 bits per heavy atom. The number of aryl methyl sites for hydroxylation is 2. The molecule has 158 valence electrons. The van der Waals surface area contributed by atoms with E-state index in [1.807, 2.05) is 4.90 Å². The van der Waals surface area contributed by atoms with Gasteiger partial charge in [-0.3, -0.25) is 14.5 Å². The zero-order chi connectivity index (χ0) is 20.7. The normalized spacial score (nSPS) is 21.5. The zero-order valence-electron chi connectivity index (χ0n) is 17.2.